The molecular weight excluding hydrogens is 320 g/mol. The predicted molar refractivity (Wildman–Crippen MR) is 94.8 cm³/mol. The van der Waals surface area contributed by atoms with Gasteiger partial charge in [-0.3, -0.25) is 9.59 Å². The molecule has 0 aliphatic rings. The van der Waals surface area contributed by atoms with E-state index in [9.17, 15) is 9.59 Å². The first-order valence-electron chi connectivity index (χ1n) is 8.03. The van der Waals surface area contributed by atoms with Crippen LogP contribution >= 0.6 is 0 Å². The van der Waals surface area contributed by atoms with Crippen molar-refractivity contribution in [2.45, 2.75) is 13.5 Å². The molecule has 2 aromatic rings. The Morgan fingerprint density at radius 2 is 1.76 bits per heavy atom. The largest absolute Gasteiger partial charge is 0.497 e. The number of amides is 2. The number of nitrogens with one attached hydrogen (secondary N) is 2. The van der Waals surface area contributed by atoms with Crippen molar-refractivity contribution in [2.24, 2.45) is 0 Å². The van der Waals surface area contributed by atoms with Crippen molar-refractivity contribution >= 4 is 11.8 Å². The smallest absolute Gasteiger partial charge is 0.258 e. The summed E-state index contributed by atoms with van der Waals surface area (Å²) in [6, 6.07) is 14.1. The number of ether oxygens (including phenoxy) is 2. The Hall–Kier alpha value is -3.02. The summed E-state index contributed by atoms with van der Waals surface area (Å²) in [5.41, 5.74) is 1.50. The molecule has 0 aliphatic heterocycles. The van der Waals surface area contributed by atoms with Gasteiger partial charge in [-0.15, -0.1) is 0 Å². The van der Waals surface area contributed by atoms with Gasteiger partial charge in [0.25, 0.3) is 11.8 Å². The topological polar surface area (TPSA) is 76.7 Å². The molecule has 0 heterocycles. The molecule has 0 aromatic heterocycles. The van der Waals surface area contributed by atoms with Crippen LogP contribution in [0, 0.1) is 0 Å². The van der Waals surface area contributed by atoms with Gasteiger partial charge in [-0.1, -0.05) is 12.1 Å². The number of methoxy groups -OCH3 is 1. The quantitative estimate of drug-likeness (QED) is 0.771. The summed E-state index contributed by atoms with van der Waals surface area (Å²) in [5.74, 6) is 0.917. The maximum atomic E-state index is 11.9. The maximum absolute atomic E-state index is 11.9. The zero-order valence-corrected chi connectivity index (χ0v) is 14.4. The third kappa shape index (κ3) is 5.84. The summed E-state index contributed by atoms with van der Waals surface area (Å²) >= 11 is 0. The summed E-state index contributed by atoms with van der Waals surface area (Å²) in [4.78, 5) is 23.5. The zero-order valence-electron chi connectivity index (χ0n) is 14.4. The second kappa shape index (κ2) is 9.32. The second-order valence-corrected chi connectivity index (χ2v) is 5.30. The van der Waals surface area contributed by atoms with Crippen LogP contribution in [0.2, 0.25) is 0 Å². The monoisotopic (exact) mass is 342 g/mol. The van der Waals surface area contributed by atoms with E-state index in [2.05, 4.69) is 10.6 Å². The minimum Gasteiger partial charge on any atom is -0.497 e. The van der Waals surface area contributed by atoms with Gasteiger partial charge < -0.3 is 20.1 Å². The Labute approximate surface area is 147 Å². The molecule has 0 aliphatic carbocycles. The minimum atomic E-state index is -0.226. The van der Waals surface area contributed by atoms with Crippen LogP contribution in [0.4, 0.5) is 0 Å². The van der Waals surface area contributed by atoms with Gasteiger partial charge >= 0.3 is 0 Å². The van der Waals surface area contributed by atoms with Crippen molar-refractivity contribution < 1.29 is 19.1 Å². The van der Waals surface area contributed by atoms with E-state index in [4.69, 9.17) is 9.47 Å². The predicted octanol–water partition coefficient (Wildman–Crippen LogP) is 2.14. The Bertz CT molecular complexity index is 714. The molecule has 2 N–H and O–H groups in total. The van der Waals surface area contributed by atoms with Crippen molar-refractivity contribution in [1.29, 1.82) is 0 Å². The number of rotatable bonds is 8. The number of hydrogen-bond acceptors (Lipinski definition) is 4. The first-order valence-corrected chi connectivity index (χ1v) is 8.03. The average molecular weight is 342 g/mol. The molecule has 0 bridgehead atoms. The minimum absolute atomic E-state index is 0.0928. The highest BCUT2D eigenvalue weighted by Gasteiger charge is 2.06. The third-order valence-electron chi connectivity index (χ3n) is 3.45. The SMILES string of the molecule is CCNC(=O)c1ccc(OCC(=O)NCc2cccc(OC)c2)cc1. The van der Waals surface area contributed by atoms with Gasteiger partial charge in [0.2, 0.25) is 0 Å². The lowest BCUT2D eigenvalue weighted by atomic mass is 10.2. The van der Waals surface area contributed by atoms with E-state index in [0.717, 1.165) is 11.3 Å². The molecule has 6 heteroatoms. The Balaban J connectivity index is 1.78. The van der Waals surface area contributed by atoms with Crippen LogP contribution in [0.5, 0.6) is 11.5 Å². The van der Waals surface area contributed by atoms with E-state index in [1.807, 2.05) is 31.2 Å². The van der Waals surface area contributed by atoms with Crippen molar-refractivity contribution in [3.05, 3.63) is 59.7 Å². The van der Waals surface area contributed by atoms with Crippen molar-refractivity contribution in [3.8, 4) is 11.5 Å². The van der Waals surface area contributed by atoms with Crippen LogP contribution in [0.1, 0.15) is 22.8 Å². The van der Waals surface area contributed by atoms with Gasteiger partial charge in [0.05, 0.1) is 7.11 Å². The molecule has 132 valence electrons. The fourth-order valence-electron chi connectivity index (χ4n) is 2.15. The molecule has 0 fully saturated rings. The van der Waals surface area contributed by atoms with Crippen molar-refractivity contribution in [3.63, 3.8) is 0 Å². The van der Waals surface area contributed by atoms with Gasteiger partial charge in [0.1, 0.15) is 11.5 Å². The van der Waals surface area contributed by atoms with Crippen LogP contribution in [0.25, 0.3) is 0 Å². The highest BCUT2D eigenvalue weighted by Crippen LogP contribution is 2.13. The molecule has 2 amide bonds. The molecule has 0 spiro atoms. The molecule has 0 radical (unpaired) electrons. The molecule has 0 saturated carbocycles. The summed E-state index contributed by atoms with van der Waals surface area (Å²) < 4.78 is 10.6. The molecule has 0 saturated heterocycles. The Morgan fingerprint density at radius 3 is 2.44 bits per heavy atom. The maximum Gasteiger partial charge on any atom is 0.258 e. The Kier molecular flexibility index (Phi) is 6.83. The van der Waals surface area contributed by atoms with Crippen LogP contribution in [0.15, 0.2) is 48.5 Å². The summed E-state index contributed by atoms with van der Waals surface area (Å²) in [5, 5.41) is 5.50. The van der Waals surface area contributed by atoms with Crippen LogP contribution in [-0.4, -0.2) is 32.1 Å². The highest BCUT2D eigenvalue weighted by molar-refractivity contribution is 5.94. The normalized spacial score (nSPS) is 10.0. The number of carbonyl (C=O) groups is 2. The second-order valence-electron chi connectivity index (χ2n) is 5.30. The summed E-state index contributed by atoms with van der Waals surface area (Å²) in [7, 11) is 1.60. The highest BCUT2D eigenvalue weighted by atomic mass is 16.5. The fourth-order valence-corrected chi connectivity index (χ4v) is 2.15. The van der Waals surface area contributed by atoms with Crippen LogP contribution in [0.3, 0.4) is 0 Å². The standard InChI is InChI=1S/C19H22N2O4/c1-3-20-19(23)15-7-9-16(10-8-15)25-13-18(22)21-12-14-5-4-6-17(11-14)24-2/h4-11H,3,12-13H2,1-2H3,(H,20,23)(H,21,22). The summed E-state index contributed by atoms with van der Waals surface area (Å²) in [6.45, 7) is 2.74. The molecule has 0 unspecified atom stereocenters. The molecule has 6 nitrogen and oxygen atoms in total. The Morgan fingerprint density at radius 1 is 1.00 bits per heavy atom. The first kappa shape index (κ1) is 18.3. The number of hydrogen-bond donors (Lipinski definition) is 2. The molecule has 2 rings (SSSR count). The van der Waals surface area contributed by atoms with E-state index in [1.54, 1.807) is 31.4 Å². The molecular formula is C19H22N2O4. The lowest BCUT2D eigenvalue weighted by Crippen LogP contribution is -2.28. The van der Waals surface area contributed by atoms with Crippen LogP contribution < -0.4 is 20.1 Å². The third-order valence-corrected chi connectivity index (χ3v) is 3.45. The van der Waals surface area contributed by atoms with E-state index in [1.165, 1.54) is 0 Å². The average Bonchev–Trinajstić information content (AvgIpc) is 2.65. The molecule has 2 aromatic carbocycles. The van der Waals surface area contributed by atoms with E-state index < -0.39 is 0 Å². The lowest BCUT2D eigenvalue weighted by molar-refractivity contribution is -0.123. The van der Waals surface area contributed by atoms with Gasteiger partial charge in [0, 0.05) is 18.7 Å². The zero-order chi connectivity index (χ0) is 18.1. The number of carbonyl (C=O) groups excluding carboxylic acids is 2. The van der Waals surface area contributed by atoms with E-state index >= 15 is 0 Å². The van der Waals surface area contributed by atoms with Gasteiger partial charge in [-0.25, -0.2) is 0 Å². The van der Waals surface area contributed by atoms with E-state index in [0.29, 0.717) is 24.4 Å². The van der Waals surface area contributed by atoms with E-state index in [-0.39, 0.29) is 18.4 Å². The van der Waals surface area contributed by atoms with Crippen molar-refractivity contribution in [2.75, 3.05) is 20.3 Å². The molecule has 0 atom stereocenters. The summed E-state index contributed by atoms with van der Waals surface area (Å²) in [6.07, 6.45) is 0. The first-order chi connectivity index (χ1) is 12.1. The number of benzene rings is 2. The van der Waals surface area contributed by atoms with Gasteiger partial charge in [-0.2, -0.15) is 0 Å². The van der Waals surface area contributed by atoms with Gasteiger partial charge in [0.15, 0.2) is 6.61 Å². The lowest BCUT2D eigenvalue weighted by Gasteiger charge is -2.09. The fraction of sp³-hybridized carbons (Fsp3) is 0.263. The molecule has 25 heavy (non-hydrogen) atoms. The van der Waals surface area contributed by atoms with Crippen LogP contribution in [-0.2, 0) is 11.3 Å². The van der Waals surface area contributed by atoms with Gasteiger partial charge in [-0.05, 0) is 48.9 Å². The van der Waals surface area contributed by atoms with Crippen molar-refractivity contribution in [1.82, 2.24) is 10.6 Å².